The Morgan fingerprint density at radius 1 is 1.67 bits per heavy atom. The predicted octanol–water partition coefficient (Wildman–Crippen LogP) is 1.06. The summed E-state index contributed by atoms with van der Waals surface area (Å²) < 4.78 is 0. The molecule has 4 nitrogen and oxygen atoms in total. The van der Waals surface area contributed by atoms with Crippen LogP contribution in [0.15, 0.2) is 15.3 Å². The highest BCUT2D eigenvalue weighted by molar-refractivity contribution is 4.18. The lowest BCUT2D eigenvalue weighted by molar-refractivity contribution is 0.857. The van der Waals surface area contributed by atoms with Crippen molar-refractivity contribution in [1.82, 2.24) is 0 Å². The molecule has 0 spiro atoms. The minimum absolute atomic E-state index is 0.163. The first-order chi connectivity index (χ1) is 2.91. The Morgan fingerprint density at radius 2 is 2.33 bits per heavy atom. The third-order valence-electron chi connectivity index (χ3n) is 0.275. The van der Waals surface area contributed by atoms with Crippen molar-refractivity contribution >= 4 is 0 Å². The summed E-state index contributed by atoms with van der Waals surface area (Å²) in [5.74, 6) is 0. The van der Waals surface area contributed by atoms with Crippen molar-refractivity contribution in [1.29, 1.82) is 5.53 Å². The predicted molar refractivity (Wildman–Crippen MR) is 20.8 cm³/mol. The molecule has 0 amide bonds. The van der Waals surface area contributed by atoms with Gasteiger partial charge in [0, 0.05) is 7.05 Å². The second kappa shape index (κ2) is 4.20. The highest BCUT2D eigenvalue weighted by Crippen LogP contribution is 1.68. The van der Waals surface area contributed by atoms with Gasteiger partial charge in [-0.3, -0.25) is 0 Å². The Labute approximate surface area is 35.8 Å². The van der Waals surface area contributed by atoms with E-state index in [1.807, 2.05) is 0 Å². The molecule has 0 atom stereocenters. The van der Waals surface area contributed by atoms with E-state index in [9.17, 15) is 0 Å². The van der Waals surface area contributed by atoms with Gasteiger partial charge in [0.15, 0.2) is 6.67 Å². The molecular formula is C2H6N4. The summed E-state index contributed by atoms with van der Waals surface area (Å²) in [5, 5.41) is 9.61. The van der Waals surface area contributed by atoms with E-state index in [-0.39, 0.29) is 6.67 Å². The molecule has 0 saturated heterocycles. The van der Waals surface area contributed by atoms with Crippen LogP contribution in [0.1, 0.15) is 0 Å². The normalized spacial score (nSPS) is 9.50. The van der Waals surface area contributed by atoms with Crippen LogP contribution in [0.3, 0.4) is 0 Å². The summed E-state index contributed by atoms with van der Waals surface area (Å²) in [7, 11) is 1.55. The van der Waals surface area contributed by atoms with Crippen LogP contribution in [-0.2, 0) is 0 Å². The van der Waals surface area contributed by atoms with Crippen molar-refractivity contribution in [3.63, 3.8) is 0 Å². The molecule has 0 rings (SSSR count). The van der Waals surface area contributed by atoms with Crippen LogP contribution in [0.5, 0.6) is 0 Å². The molecule has 0 saturated carbocycles. The molecule has 0 aromatic carbocycles. The van der Waals surface area contributed by atoms with Gasteiger partial charge in [0.25, 0.3) is 0 Å². The van der Waals surface area contributed by atoms with Crippen LogP contribution in [0, 0.1) is 5.53 Å². The first kappa shape index (κ1) is 5.20. The topological polar surface area (TPSA) is 60.9 Å². The van der Waals surface area contributed by atoms with Crippen LogP contribution in [0.2, 0.25) is 0 Å². The van der Waals surface area contributed by atoms with E-state index >= 15 is 0 Å². The van der Waals surface area contributed by atoms with Gasteiger partial charge in [-0.05, 0) is 0 Å². The molecule has 0 aromatic heterocycles. The number of nitrogens with one attached hydrogen (secondary N) is 1. The van der Waals surface area contributed by atoms with Gasteiger partial charge in [-0.2, -0.15) is 15.3 Å². The lowest BCUT2D eigenvalue weighted by Crippen LogP contribution is -1.61. The van der Waals surface area contributed by atoms with Crippen molar-refractivity contribution < 1.29 is 0 Å². The van der Waals surface area contributed by atoms with Crippen LogP contribution >= 0.6 is 0 Å². The lowest BCUT2D eigenvalue weighted by Gasteiger charge is -1.69. The average Bonchev–Trinajstić information content (AvgIpc) is 1.61. The van der Waals surface area contributed by atoms with Crippen LogP contribution < -0.4 is 0 Å². The van der Waals surface area contributed by atoms with Crippen molar-refractivity contribution in [2.75, 3.05) is 13.7 Å². The molecule has 34 valence electrons. The van der Waals surface area contributed by atoms with Gasteiger partial charge in [0.2, 0.25) is 0 Å². The molecule has 0 unspecified atom stereocenters. The van der Waals surface area contributed by atoms with E-state index < -0.39 is 0 Å². The summed E-state index contributed by atoms with van der Waals surface area (Å²) in [6, 6.07) is 0. The summed E-state index contributed by atoms with van der Waals surface area (Å²) in [6.45, 7) is 0.163. The van der Waals surface area contributed by atoms with Crippen molar-refractivity contribution in [3.8, 4) is 0 Å². The fourth-order valence-corrected chi connectivity index (χ4v) is 0.0949. The second-order valence-electron chi connectivity index (χ2n) is 0.641. The fourth-order valence-electron chi connectivity index (χ4n) is 0.0949. The Morgan fingerprint density at radius 3 is 2.50 bits per heavy atom. The van der Waals surface area contributed by atoms with Gasteiger partial charge in [-0.1, -0.05) is 0 Å². The fraction of sp³-hybridized carbons (Fsp3) is 1.00. The minimum atomic E-state index is 0.163. The van der Waals surface area contributed by atoms with E-state index in [1.165, 1.54) is 0 Å². The smallest absolute Gasteiger partial charge is 0.170 e. The highest BCUT2D eigenvalue weighted by atomic mass is 15.2. The summed E-state index contributed by atoms with van der Waals surface area (Å²) in [6.07, 6.45) is 0. The van der Waals surface area contributed by atoms with E-state index in [0.717, 1.165) is 0 Å². The molecule has 0 aromatic rings. The Hall–Kier alpha value is -0.800. The Kier molecular flexibility index (Phi) is 3.64. The van der Waals surface area contributed by atoms with E-state index in [1.54, 1.807) is 7.05 Å². The molecule has 6 heavy (non-hydrogen) atoms. The molecule has 0 aliphatic carbocycles. The van der Waals surface area contributed by atoms with Crippen molar-refractivity contribution in [2.24, 2.45) is 15.3 Å². The number of nitrogens with zero attached hydrogens (tertiary/aromatic N) is 3. The third-order valence-corrected chi connectivity index (χ3v) is 0.275. The van der Waals surface area contributed by atoms with Gasteiger partial charge < -0.3 is 0 Å². The maximum absolute atomic E-state index is 6.18. The Balaban J connectivity index is 2.85. The summed E-state index contributed by atoms with van der Waals surface area (Å²) in [5.41, 5.74) is 6.18. The standard InChI is InChI=1S/C2H6N4/c1-4-6-2-5-3/h3H,2H2,1H3. The van der Waals surface area contributed by atoms with E-state index in [2.05, 4.69) is 15.3 Å². The zero-order valence-electron chi connectivity index (χ0n) is 3.55. The van der Waals surface area contributed by atoms with Crippen LogP contribution in [0.4, 0.5) is 0 Å². The maximum atomic E-state index is 6.18. The first-order valence-electron chi connectivity index (χ1n) is 1.50. The third kappa shape index (κ3) is 3.20. The molecule has 0 fully saturated rings. The zero-order chi connectivity index (χ0) is 4.83. The molecule has 1 N–H and O–H groups in total. The monoisotopic (exact) mass is 86.1 g/mol. The first-order valence-corrected chi connectivity index (χ1v) is 1.50. The molecule has 0 aliphatic heterocycles. The van der Waals surface area contributed by atoms with Gasteiger partial charge in [-0.15, -0.1) is 0 Å². The SMILES string of the molecule is CN=NCN=N. The summed E-state index contributed by atoms with van der Waals surface area (Å²) >= 11 is 0. The maximum Gasteiger partial charge on any atom is 0.170 e. The molecular weight excluding hydrogens is 80.1 g/mol. The zero-order valence-corrected chi connectivity index (χ0v) is 3.55. The largest absolute Gasteiger partial charge is 0.208 e. The molecule has 0 heterocycles. The van der Waals surface area contributed by atoms with Crippen LogP contribution in [-0.4, -0.2) is 13.7 Å². The molecule has 4 heteroatoms. The number of hydrogen-bond acceptors (Lipinski definition) is 4. The second-order valence-corrected chi connectivity index (χ2v) is 0.641. The molecule has 0 radical (unpaired) electrons. The molecule has 0 bridgehead atoms. The Bertz CT molecular complexity index is 56.6. The van der Waals surface area contributed by atoms with Gasteiger partial charge in [0.1, 0.15) is 0 Å². The van der Waals surface area contributed by atoms with Crippen molar-refractivity contribution in [3.05, 3.63) is 0 Å². The highest BCUT2D eigenvalue weighted by Gasteiger charge is 1.60. The van der Waals surface area contributed by atoms with Crippen molar-refractivity contribution in [2.45, 2.75) is 0 Å². The van der Waals surface area contributed by atoms with Crippen LogP contribution in [0.25, 0.3) is 0 Å². The number of rotatable bonds is 2. The summed E-state index contributed by atoms with van der Waals surface area (Å²) in [4.78, 5) is 0. The minimum Gasteiger partial charge on any atom is -0.208 e. The lowest BCUT2D eigenvalue weighted by atomic mass is 11.2. The number of azo groups is 1. The molecule has 0 aliphatic rings. The number of hydrogen-bond donors (Lipinski definition) is 1. The van der Waals surface area contributed by atoms with E-state index in [4.69, 9.17) is 5.53 Å². The quantitative estimate of drug-likeness (QED) is 0.488. The van der Waals surface area contributed by atoms with Gasteiger partial charge in [-0.25, -0.2) is 5.53 Å². The van der Waals surface area contributed by atoms with Gasteiger partial charge in [0.05, 0.1) is 0 Å². The van der Waals surface area contributed by atoms with Gasteiger partial charge >= 0.3 is 0 Å². The van der Waals surface area contributed by atoms with E-state index in [0.29, 0.717) is 0 Å². The average molecular weight is 86.1 g/mol.